The van der Waals surface area contributed by atoms with E-state index in [4.69, 9.17) is 9.26 Å². The molecule has 1 aromatic carbocycles. The zero-order chi connectivity index (χ0) is 13.9. The number of benzene rings is 1. The number of esters is 1. The maximum absolute atomic E-state index is 12.0. The number of nitrogens with one attached hydrogen (secondary N) is 1. The van der Waals surface area contributed by atoms with Crippen LogP contribution in [0.1, 0.15) is 17.3 Å². The lowest BCUT2D eigenvalue weighted by Crippen LogP contribution is -2.20. The summed E-state index contributed by atoms with van der Waals surface area (Å²) in [5.74, 6) is -0.417. The molecule has 0 aliphatic carbocycles. The molecule has 8 heteroatoms. The molecule has 0 saturated carbocycles. The fourth-order valence-corrected chi connectivity index (χ4v) is 4.76. The second-order valence-electron chi connectivity index (χ2n) is 3.69. The Labute approximate surface area is 114 Å². The van der Waals surface area contributed by atoms with Gasteiger partial charge in [0.05, 0.1) is 12.2 Å². The first kappa shape index (κ1) is 14.1. The van der Waals surface area contributed by atoms with Gasteiger partial charge in [0.15, 0.2) is 0 Å². The molecular formula is C11H12NO5PS. The van der Waals surface area contributed by atoms with Gasteiger partial charge in [-0.3, -0.25) is 19.2 Å². The van der Waals surface area contributed by atoms with E-state index in [0.717, 1.165) is 11.4 Å². The lowest BCUT2D eigenvalue weighted by molar-refractivity contribution is -0.131. The van der Waals surface area contributed by atoms with Crippen molar-refractivity contribution in [3.63, 3.8) is 0 Å². The van der Waals surface area contributed by atoms with Crippen molar-refractivity contribution in [3.8, 4) is 5.75 Å². The van der Waals surface area contributed by atoms with Crippen LogP contribution in [0.15, 0.2) is 24.3 Å². The summed E-state index contributed by atoms with van der Waals surface area (Å²) in [6.45, 7) is -1.59. The summed E-state index contributed by atoms with van der Waals surface area (Å²) in [7, 11) is 0. The highest BCUT2D eigenvalue weighted by Crippen LogP contribution is 2.60. The van der Waals surface area contributed by atoms with Gasteiger partial charge in [0.25, 0.3) is 5.91 Å². The van der Waals surface area contributed by atoms with Crippen LogP contribution in [0.2, 0.25) is 0 Å². The monoisotopic (exact) mass is 301 g/mol. The molecule has 1 saturated heterocycles. The van der Waals surface area contributed by atoms with Crippen LogP contribution in [-0.4, -0.2) is 24.2 Å². The van der Waals surface area contributed by atoms with Crippen molar-refractivity contribution in [3.05, 3.63) is 29.8 Å². The van der Waals surface area contributed by atoms with Crippen LogP contribution in [0.4, 0.5) is 0 Å². The number of ether oxygens (including phenoxy) is 1. The molecule has 6 nitrogen and oxygen atoms in total. The van der Waals surface area contributed by atoms with Crippen LogP contribution in [-0.2, 0) is 13.9 Å². The molecule has 1 heterocycles. The van der Waals surface area contributed by atoms with Crippen molar-refractivity contribution in [2.45, 2.75) is 6.92 Å². The maximum Gasteiger partial charge on any atom is 0.353 e. The fourth-order valence-electron chi connectivity index (χ4n) is 1.50. The van der Waals surface area contributed by atoms with E-state index >= 15 is 0 Å². The van der Waals surface area contributed by atoms with Crippen molar-refractivity contribution < 1.29 is 23.4 Å². The van der Waals surface area contributed by atoms with Crippen LogP contribution in [0.25, 0.3) is 0 Å². The van der Waals surface area contributed by atoms with E-state index < -0.39 is 18.6 Å². The summed E-state index contributed by atoms with van der Waals surface area (Å²) >= 11 is 1.08. The van der Waals surface area contributed by atoms with Crippen LogP contribution in [0, 0.1) is 0 Å². The Balaban J connectivity index is 2.19. The van der Waals surface area contributed by atoms with E-state index in [1.165, 1.54) is 19.1 Å². The van der Waals surface area contributed by atoms with Gasteiger partial charge in [-0.25, -0.2) is 0 Å². The second-order valence-corrected chi connectivity index (χ2v) is 8.05. The smallest absolute Gasteiger partial charge is 0.353 e. The van der Waals surface area contributed by atoms with E-state index in [1.807, 2.05) is 0 Å². The van der Waals surface area contributed by atoms with Gasteiger partial charge >= 0.3 is 12.7 Å². The van der Waals surface area contributed by atoms with Crippen molar-refractivity contribution in [2.24, 2.45) is 0 Å². The van der Waals surface area contributed by atoms with Gasteiger partial charge in [0, 0.05) is 12.7 Å². The molecule has 1 unspecified atom stereocenters. The molecule has 1 aliphatic rings. The number of rotatable bonds is 3. The Bertz CT molecular complexity index is 552. The molecule has 102 valence electrons. The third-order valence-corrected chi connectivity index (χ3v) is 6.08. The predicted molar refractivity (Wildman–Crippen MR) is 71.2 cm³/mol. The minimum Gasteiger partial charge on any atom is -0.426 e. The normalized spacial score (nSPS) is 21.9. The number of hydrogen-bond acceptors (Lipinski definition) is 6. The molecule has 1 fully saturated rings. The average molecular weight is 301 g/mol. The Morgan fingerprint density at radius 1 is 1.42 bits per heavy atom. The van der Waals surface area contributed by atoms with E-state index in [9.17, 15) is 14.2 Å². The zero-order valence-electron chi connectivity index (χ0n) is 10.1. The van der Waals surface area contributed by atoms with Gasteiger partial charge in [-0.15, -0.1) is 0 Å². The Hall–Kier alpha value is -1.30. The Kier molecular flexibility index (Phi) is 4.29. The molecule has 0 bridgehead atoms. The number of hydrogen-bond donors (Lipinski definition) is 1. The van der Waals surface area contributed by atoms with Crippen LogP contribution in [0.3, 0.4) is 0 Å². The first-order chi connectivity index (χ1) is 9.00. The van der Waals surface area contributed by atoms with Crippen molar-refractivity contribution in [1.82, 2.24) is 5.09 Å². The Morgan fingerprint density at radius 2 is 2.16 bits per heavy atom. The molecule has 0 radical (unpaired) electrons. The van der Waals surface area contributed by atoms with Crippen LogP contribution < -0.4 is 9.82 Å². The largest absolute Gasteiger partial charge is 0.426 e. The molecule has 1 aromatic rings. The van der Waals surface area contributed by atoms with Crippen LogP contribution >= 0.6 is 18.1 Å². The van der Waals surface area contributed by atoms with E-state index in [2.05, 4.69) is 5.09 Å². The molecule has 19 heavy (non-hydrogen) atoms. The van der Waals surface area contributed by atoms with Gasteiger partial charge in [-0.1, -0.05) is 12.1 Å². The van der Waals surface area contributed by atoms with E-state index in [1.54, 1.807) is 12.1 Å². The van der Waals surface area contributed by atoms with Gasteiger partial charge < -0.3 is 9.26 Å². The highest BCUT2D eigenvalue weighted by Gasteiger charge is 2.32. The third kappa shape index (κ3) is 3.59. The minimum atomic E-state index is -3.17. The summed E-state index contributed by atoms with van der Waals surface area (Å²) in [5, 5.41) is 2.35. The molecule has 0 aromatic heterocycles. The van der Waals surface area contributed by atoms with Crippen molar-refractivity contribution >= 4 is 30.0 Å². The van der Waals surface area contributed by atoms with Crippen LogP contribution in [0.5, 0.6) is 5.75 Å². The summed E-state index contributed by atoms with van der Waals surface area (Å²) in [4.78, 5) is 23.0. The SMILES string of the molecule is CC(=O)Oc1ccccc1C(=O)NP1(=O)OCCS1. The van der Waals surface area contributed by atoms with E-state index in [-0.39, 0.29) is 11.3 Å². The Morgan fingerprint density at radius 3 is 2.79 bits per heavy atom. The highest BCUT2D eigenvalue weighted by molar-refractivity contribution is 8.56. The average Bonchev–Trinajstić information content (AvgIpc) is 2.75. The number of amides is 1. The summed E-state index contributed by atoms with van der Waals surface area (Å²) in [6, 6.07) is 6.24. The van der Waals surface area contributed by atoms with Gasteiger partial charge in [-0.2, -0.15) is 0 Å². The minimum absolute atomic E-state index is 0.128. The highest BCUT2D eigenvalue weighted by atomic mass is 32.7. The fraction of sp³-hybridized carbons (Fsp3) is 0.273. The van der Waals surface area contributed by atoms with Crippen molar-refractivity contribution in [2.75, 3.05) is 12.4 Å². The van der Waals surface area contributed by atoms with Gasteiger partial charge in [0.2, 0.25) is 0 Å². The zero-order valence-corrected chi connectivity index (χ0v) is 11.8. The maximum atomic E-state index is 12.0. The quantitative estimate of drug-likeness (QED) is 0.523. The second kappa shape index (κ2) is 5.77. The molecular weight excluding hydrogens is 289 g/mol. The molecule has 1 amide bonds. The first-order valence-electron chi connectivity index (χ1n) is 5.49. The number of para-hydroxylation sites is 1. The van der Waals surface area contributed by atoms with Crippen molar-refractivity contribution in [1.29, 1.82) is 0 Å². The molecule has 1 atom stereocenters. The number of carbonyl (C=O) groups is 2. The molecule has 0 spiro atoms. The lowest BCUT2D eigenvalue weighted by atomic mass is 10.2. The standard InChI is InChI=1S/C11H12NO5PS/c1-8(13)17-10-5-3-2-4-9(10)11(14)12-18(15)16-6-7-19-18/h2-5H,6-7H2,1H3,(H,12,14,15). The van der Waals surface area contributed by atoms with Gasteiger partial charge in [0.1, 0.15) is 5.75 Å². The summed E-state index contributed by atoms with van der Waals surface area (Å²) in [5.41, 5.74) is 0.143. The summed E-state index contributed by atoms with van der Waals surface area (Å²) < 4.78 is 22.0. The molecule has 1 N–H and O–H groups in total. The molecule has 1 aliphatic heterocycles. The first-order valence-corrected chi connectivity index (χ1v) is 8.71. The lowest BCUT2D eigenvalue weighted by Gasteiger charge is -2.13. The number of carbonyl (C=O) groups excluding carboxylic acids is 2. The predicted octanol–water partition coefficient (Wildman–Crippen LogP) is 2.21. The molecule has 2 rings (SSSR count). The van der Waals surface area contributed by atoms with Gasteiger partial charge in [-0.05, 0) is 23.5 Å². The third-order valence-electron chi connectivity index (χ3n) is 2.23. The topological polar surface area (TPSA) is 81.7 Å². The van der Waals surface area contributed by atoms with E-state index in [0.29, 0.717) is 12.4 Å². The summed E-state index contributed by atoms with van der Waals surface area (Å²) in [6.07, 6.45) is 0.